The van der Waals surface area contributed by atoms with Crippen molar-refractivity contribution in [1.82, 2.24) is 10.6 Å². The smallest absolute Gasteiger partial charge is 0.220 e. The summed E-state index contributed by atoms with van der Waals surface area (Å²) in [5.41, 5.74) is 2.59. The summed E-state index contributed by atoms with van der Waals surface area (Å²) in [7, 11) is 0. The molecule has 118 valence electrons. The second kappa shape index (κ2) is 9.06. The van der Waals surface area contributed by atoms with Gasteiger partial charge in [0, 0.05) is 19.0 Å². The van der Waals surface area contributed by atoms with Crippen molar-refractivity contribution in [3.8, 4) is 0 Å². The molecule has 1 unspecified atom stereocenters. The molecular weight excluding hydrogens is 284 g/mol. The molecule has 1 heterocycles. The summed E-state index contributed by atoms with van der Waals surface area (Å²) < 4.78 is 0. The summed E-state index contributed by atoms with van der Waals surface area (Å²) in [4.78, 5) is 11.8. The molecule has 0 bridgehead atoms. The molecule has 1 saturated heterocycles. The number of hydrogen-bond acceptors (Lipinski definition) is 2. The largest absolute Gasteiger partial charge is 0.355 e. The van der Waals surface area contributed by atoms with Gasteiger partial charge in [0.05, 0.1) is 0 Å². The number of nitrogens with one attached hydrogen (secondary N) is 2. The van der Waals surface area contributed by atoms with Crippen LogP contribution in [0, 0.1) is 0 Å². The monoisotopic (exact) mass is 310 g/mol. The lowest BCUT2D eigenvalue weighted by Gasteiger charge is -2.11. The minimum absolute atomic E-state index is 0. The van der Waals surface area contributed by atoms with Crippen LogP contribution in [-0.2, 0) is 11.2 Å². The summed E-state index contributed by atoms with van der Waals surface area (Å²) in [5.74, 6) is 0.720. The molecule has 1 fully saturated rings. The Morgan fingerprint density at radius 2 is 2.05 bits per heavy atom. The Labute approximate surface area is 134 Å². The third-order valence-electron chi connectivity index (χ3n) is 4.00. The van der Waals surface area contributed by atoms with E-state index in [1.807, 2.05) is 0 Å². The third kappa shape index (κ3) is 6.06. The molecule has 0 radical (unpaired) electrons. The molecule has 1 amide bonds. The number of rotatable bonds is 6. The van der Waals surface area contributed by atoms with Gasteiger partial charge in [-0.2, -0.15) is 0 Å². The summed E-state index contributed by atoms with van der Waals surface area (Å²) in [6.45, 7) is 6.24. The lowest BCUT2D eigenvalue weighted by Crippen LogP contribution is -2.37. The number of amides is 1. The van der Waals surface area contributed by atoms with Crippen molar-refractivity contribution in [2.75, 3.05) is 13.1 Å². The van der Waals surface area contributed by atoms with Gasteiger partial charge in [0.2, 0.25) is 5.91 Å². The second-order valence-corrected chi connectivity index (χ2v) is 5.99. The molecule has 1 aliphatic rings. The van der Waals surface area contributed by atoms with Crippen LogP contribution in [0.4, 0.5) is 0 Å². The Morgan fingerprint density at radius 1 is 1.33 bits per heavy atom. The van der Waals surface area contributed by atoms with Crippen molar-refractivity contribution >= 4 is 18.3 Å². The van der Waals surface area contributed by atoms with Crippen LogP contribution >= 0.6 is 12.4 Å². The number of carbonyl (C=O) groups is 1. The molecule has 2 N–H and O–H groups in total. The zero-order valence-corrected chi connectivity index (χ0v) is 13.8. The van der Waals surface area contributed by atoms with Gasteiger partial charge in [-0.1, -0.05) is 38.1 Å². The normalized spacial score (nSPS) is 17.6. The SMILES string of the molecule is CC(C)c1ccc(CCC(=O)NCC2CCCN2)cc1.Cl. The number of carbonyl (C=O) groups excluding carboxylic acids is 1. The molecule has 1 aromatic carbocycles. The molecule has 21 heavy (non-hydrogen) atoms. The molecule has 3 nitrogen and oxygen atoms in total. The fraction of sp³-hybridized carbons (Fsp3) is 0.588. The van der Waals surface area contributed by atoms with Crippen LogP contribution in [0.3, 0.4) is 0 Å². The maximum Gasteiger partial charge on any atom is 0.220 e. The van der Waals surface area contributed by atoms with Crippen molar-refractivity contribution in [3.63, 3.8) is 0 Å². The minimum atomic E-state index is 0. The lowest BCUT2D eigenvalue weighted by atomic mass is 10.0. The van der Waals surface area contributed by atoms with Gasteiger partial charge in [0.25, 0.3) is 0 Å². The van der Waals surface area contributed by atoms with Gasteiger partial charge in [0.15, 0.2) is 0 Å². The molecule has 1 aliphatic heterocycles. The third-order valence-corrected chi connectivity index (χ3v) is 4.00. The van der Waals surface area contributed by atoms with Crippen LogP contribution in [0.15, 0.2) is 24.3 Å². The number of halogens is 1. The van der Waals surface area contributed by atoms with Crippen molar-refractivity contribution in [1.29, 1.82) is 0 Å². The van der Waals surface area contributed by atoms with Gasteiger partial charge < -0.3 is 10.6 Å². The predicted molar refractivity (Wildman–Crippen MR) is 90.1 cm³/mol. The van der Waals surface area contributed by atoms with E-state index in [0.717, 1.165) is 19.5 Å². The van der Waals surface area contributed by atoms with Crippen molar-refractivity contribution in [3.05, 3.63) is 35.4 Å². The average Bonchev–Trinajstić information content (AvgIpc) is 2.96. The molecule has 1 atom stereocenters. The van der Waals surface area contributed by atoms with E-state index in [9.17, 15) is 4.79 Å². The van der Waals surface area contributed by atoms with Crippen molar-refractivity contribution in [2.24, 2.45) is 0 Å². The Kier molecular flexibility index (Phi) is 7.76. The van der Waals surface area contributed by atoms with Crippen LogP contribution in [0.5, 0.6) is 0 Å². The summed E-state index contributed by atoms with van der Waals surface area (Å²) in [5, 5.41) is 6.41. The van der Waals surface area contributed by atoms with E-state index in [1.54, 1.807) is 0 Å². The molecule has 2 rings (SSSR count). The average molecular weight is 311 g/mol. The van der Waals surface area contributed by atoms with Crippen molar-refractivity contribution in [2.45, 2.75) is 51.5 Å². The van der Waals surface area contributed by atoms with Gasteiger partial charge in [0.1, 0.15) is 0 Å². The Hall–Kier alpha value is -1.06. The van der Waals surface area contributed by atoms with Gasteiger partial charge in [-0.25, -0.2) is 0 Å². The fourth-order valence-corrected chi connectivity index (χ4v) is 2.58. The Balaban J connectivity index is 0.00000220. The van der Waals surface area contributed by atoms with Gasteiger partial charge >= 0.3 is 0 Å². The lowest BCUT2D eigenvalue weighted by molar-refractivity contribution is -0.121. The molecule has 0 spiro atoms. The van der Waals surface area contributed by atoms with Gasteiger partial charge in [-0.3, -0.25) is 4.79 Å². The first-order valence-electron chi connectivity index (χ1n) is 7.74. The number of aryl methyl sites for hydroxylation is 1. The predicted octanol–water partition coefficient (Wildman–Crippen LogP) is 3.03. The van der Waals surface area contributed by atoms with Crippen LogP contribution in [-0.4, -0.2) is 25.0 Å². The topological polar surface area (TPSA) is 41.1 Å². The molecular formula is C17H27ClN2O. The highest BCUT2D eigenvalue weighted by Crippen LogP contribution is 2.15. The first-order valence-corrected chi connectivity index (χ1v) is 7.74. The second-order valence-electron chi connectivity index (χ2n) is 5.99. The highest BCUT2D eigenvalue weighted by molar-refractivity contribution is 5.85. The number of benzene rings is 1. The zero-order chi connectivity index (χ0) is 14.4. The van der Waals surface area contributed by atoms with E-state index >= 15 is 0 Å². The Bertz CT molecular complexity index is 425. The highest BCUT2D eigenvalue weighted by atomic mass is 35.5. The standard InChI is InChI=1S/C17H26N2O.ClH/c1-13(2)15-8-5-14(6-9-15)7-10-17(20)19-12-16-4-3-11-18-16;/h5-6,8-9,13,16,18H,3-4,7,10-12H2,1-2H3,(H,19,20);1H. The van der Waals surface area contributed by atoms with Crippen LogP contribution < -0.4 is 10.6 Å². The zero-order valence-electron chi connectivity index (χ0n) is 13.0. The Morgan fingerprint density at radius 3 is 2.62 bits per heavy atom. The molecule has 4 heteroatoms. The molecule has 0 aliphatic carbocycles. The van der Waals surface area contributed by atoms with E-state index in [1.165, 1.54) is 24.0 Å². The minimum Gasteiger partial charge on any atom is -0.355 e. The molecule has 1 aromatic rings. The van der Waals surface area contributed by atoms with E-state index in [2.05, 4.69) is 48.7 Å². The van der Waals surface area contributed by atoms with Crippen molar-refractivity contribution < 1.29 is 4.79 Å². The molecule has 0 aromatic heterocycles. The van der Waals surface area contributed by atoms with E-state index in [0.29, 0.717) is 18.4 Å². The maximum absolute atomic E-state index is 11.8. The maximum atomic E-state index is 11.8. The summed E-state index contributed by atoms with van der Waals surface area (Å²) >= 11 is 0. The molecule has 0 saturated carbocycles. The highest BCUT2D eigenvalue weighted by Gasteiger charge is 2.14. The summed E-state index contributed by atoms with van der Waals surface area (Å²) in [6.07, 6.45) is 3.80. The first-order chi connectivity index (χ1) is 9.65. The number of hydrogen-bond donors (Lipinski definition) is 2. The van der Waals surface area contributed by atoms with Crippen LogP contribution in [0.2, 0.25) is 0 Å². The van der Waals surface area contributed by atoms with Crippen LogP contribution in [0.1, 0.15) is 50.2 Å². The van der Waals surface area contributed by atoms with E-state index in [-0.39, 0.29) is 18.3 Å². The first kappa shape index (κ1) is 18.0. The van der Waals surface area contributed by atoms with E-state index in [4.69, 9.17) is 0 Å². The quantitative estimate of drug-likeness (QED) is 0.848. The fourth-order valence-electron chi connectivity index (χ4n) is 2.58. The van der Waals surface area contributed by atoms with E-state index < -0.39 is 0 Å². The van der Waals surface area contributed by atoms with Crippen LogP contribution in [0.25, 0.3) is 0 Å². The van der Waals surface area contributed by atoms with Gasteiger partial charge in [-0.05, 0) is 42.9 Å². The van der Waals surface area contributed by atoms with Gasteiger partial charge in [-0.15, -0.1) is 12.4 Å². The summed E-state index contributed by atoms with van der Waals surface area (Å²) in [6, 6.07) is 9.09.